The third kappa shape index (κ3) is 3.19. The number of nitrogens with zero attached hydrogens (tertiary/aromatic N) is 2. The van der Waals surface area contributed by atoms with Gasteiger partial charge in [-0.3, -0.25) is 14.3 Å². The first-order chi connectivity index (χ1) is 10.0. The molecule has 0 aliphatic rings. The number of nitrogens with one attached hydrogen (secondary N) is 1. The van der Waals surface area contributed by atoms with Crippen molar-refractivity contribution < 1.29 is 14.3 Å². The highest BCUT2D eigenvalue weighted by atomic mass is 16.5. The molecule has 0 saturated heterocycles. The molecule has 1 aromatic heterocycles. The maximum atomic E-state index is 12.1. The van der Waals surface area contributed by atoms with Gasteiger partial charge in [0.1, 0.15) is 5.75 Å². The summed E-state index contributed by atoms with van der Waals surface area (Å²) in [5, 5.41) is 6.65. The van der Waals surface area contributed by atoms with E-state index in [1.54, 1.807) is 37.6 Å². The zero-order valence-corrected chi connectivity index (χ0v) is 11.8. The van der Waals surface area contributed by atoms with Crippen LogP contribution in [0.25, 0.3) is 0 Å². The van der Waals surface area contributed by atoms with Crippen molar-refractivity contribution in [1.82, 2.24) is 9.78 Å². The number of amides is 2. The Morgan fingerprint density at radius 1 is 1.33 bits per heavy atom. The van der Waals surface area contributed by atoms with Crippen LogP contribution in [-0.2, 0) is 6.54 Å². The zero-order valence-electron chi connectivity index (χ0n) is 11.8. The SMILES string of the molecule is CCn1cc(NC(=O)c2ccc(OC)cc2)c(C(N)=O)n1. The van der Waals surface area contributed by atoms with Crippen LogP contribution >= 0.6 is 0 Å². The van der Waals surface area contributed by atoms with Crippen LogP contribution in [0.15, 0.2) is 30.5 Å². The van der Waals surface area contributed by atoms with Gasteiger partial charge in [-0.1, -0.05) is 0 Å². The van der Waals surface area contributed by atoms with E-state index in [4.69, 9.17) is 10.5 Å². The predicted molar refractivity (Wildman–Crippen MR) is 77.4 cm³/mol. The molecule has 0 aliphatic heterocycles. The fourth-order valence-electron chi connectivity index (χ4n) is 1.79. The van der Waals surface area contributed by atoms with E-state index in [9.17, 15) is 9.59 Å². The monoisotopic (exact) mass is 288 g/mol. The summed E-state index contributed by atoms with van der Waals surface area (Å²) in [6.45, 7) is 2.44. The summed E-state index contributed by atoms with van der Waals surface area (Å²) in [7, 11) is 1.55. The first-order valence-corrected chi connectivity index (χ1v) is 6.37. The van der Waals surface area contributed by atoms with E-state index < -0.39 is 5.91 Å². The quantitative estimate of drug-likeness (QED) is 0.865. The normalized spacial score (nSPS) is 10.2. The maximum absolute atomic E-state index is 12.1. The number of carbonyl (C=O) groups is 2. The molecule has 0 unspecified atom stereocenters. The largest absolute Gasteiger partial charge is 0.497 e. The van der Waals surface area contributed by atoms with Crippen LogP contribution in [0.1, 0.15) is 27.8 Å². The number of rotatable bonds is 5. The number of carbonyl (C=O) groups excluding carboxylic acids is 2. The lowest BCUT2D eigenvalue weighted by Crippen LogP contribution is -2.17. The molecule has 0 atom stereocenters. The summed E-state index contributed by atoms with van der Waals surface area (Å²) in [5.74, 6) is -0.383. The molecule has 2 amide bonds. The molecule has 21 heavy (non-hydrogen) atoms. The van der Waals surface area contributed by atoms with Crippen LogP contribution in [0.3, 0.4) is 0 Å². The second-order valence-electron chi connectivity index (χ2n) is 4.29. The highest BCUT2D eigenvalue weighted by Crippen LogP contribution is 2.16. The Hall–Kier alpha value is -2.83. The van der Waals surface area contributed by atoms with Gasteiger partial charge in [0.25, 0.3) is 11.8 Å². The minimum Gasteiger partial charge on any atom is -0.497 e. The summed E-state index contributed by atoms with van der Waals surface area (Å²) in [4.78, 5) is 23.5. The first-order valence-electron chi connectivity index (χ1n) is 6.37. The summed E-state index contributed by atoms with van der Waals surface area (Å²) in [6, 6.07) is 6.61. The van der Waals surface area contributed by atoms with Gasteiger partial charge >= 0.3 is 0 Å². The van der Waals surface area contributed by atoms with E-state index in [0.29, 0.717) is 23.5 Å². The molecule has 0 fully saturated rings. The second-order valence-corrected chi connectivity index (χ2v) is 4.29. The van der Waals surface area contributed by atoms with Crippen LogP contribution in [-0.4, -0.2) is 28.7 Å². The van der Waals surface area contributed by atoms with E-state index >= 15 is 0 Å². The molecule has 0 spiro atoms. The minimum atomic E-state index is -0.688. The zero-order chi connectivity index (χ0) is 15.4. The van der Waals surface area contributed by atoms with E-state index in [1.165, 1.54) is 4.68 Å². The van der Waals surface area contributed by atoms with Crippen molar-refractivity contribution in [2.75, 3.05) is 12.4 Å². The van der Waals surface area contributed by atoms with Gasteiger partial charge in [-0.2, -0.15) is 5.10 Å². The number of primary amides is 1. The molecular weight excluding hydrogens is 272 g/mol. The van der Waals surface area contributed by atoms with Gasteiger partial charge in [-0.05, 0) is 31.2 Å². The molecule has 0 radical (unpaired) electrons. The van der Waals surface area contributed by atoms with Gasteiger partial charge in [-0.25, -0.2) is 0 Å². The molecule has 1 aromatic carbocycles. The Labute approximate surface area is 121 Å². The molecule has 3 N–H and O–H groups in total. The van der Waals surface area contributed by atoms with Crippen LogP contribution in [0.5, 0.6) is 5.75 Å². The molecule has 2 rings (SSSR count). The Morgan fingerprint density at radius 3 is 2.52 bits per heavy atom. The smallest absolute Gasteiger partial charge is 0.271 e. The van der Waals surface area contributed by atoms with Crippen molar-refractivity contribution in [3.05, 3.63) is 41.7 Å². The third-order valence-corrected chi connectivity index (χ3v) is 2.92. The molecule has 110 valence electrons. The first kappa shape index (κ1) is 14.6. The van der Waals surface area contributed by atoms with Crippen LogP contribution in [0.2, 0.25) is 0 Å². The van der Waals surface area contributed by atoms with Gasteiger partial charge in [0.05, 0.1) is 12.8 Å². The summed E-state index contributed by atoms with van der Waals surface area (Å²) in [5.41, 5.74) is 6.03. The van der Waals surface area contributed by atoms with Gasteiger partial charge in [0, 0.05) is 18.3 Å². The van der Waals surface area contributed by atoms with E-state index in [2.05, 4.69) is 10.4 Å². The fraction of sp³-hybridized carbons (Fsp3) is 0.214. The molecule has 0 saturated carbocycles. The average molecular weight is 288 g/mol. The van der Waals surface area contributed by atoms with Gasteiger partial charge in [0.2, 0.25) is 0 Å². The van der Waals surface area contributed by atoms with Gasteiger partial charge in [0.15, 0.2) is 5.69 Å². The summed E-state index contributed by atoms with van der Waals surface area (Å²) in [6.07, 6.45) is 1.57. The maximum Gasteiger partial charge on any atom is 0.271 e. The predicted octanol–water partition coefficient (Wildman–Crippen LogP) is 1.26. The van der Waals surface area contributed by atoms with E-state index in [1.807, 2.05) is 6.92 Å². The number of anilines is 1. The molecule has 0 aliphatic carbocycles. The number of ether oxygens (including phenoxy) is 1. The second kappa shape index (κ2) is 6.08. The average Bonchev–Trinajstić information content (AvgIpc) is 2.90. The minimum absolute atomic E-state index is 0.0405. The van der Waals surface area contributed by atoms with Crippen molar-refractivity contribution in [2.24, 2.45) is 5.73 Å². The Morgan fingerprint density at radius 2 is 2.00 bits per heavy atom. The van der Waals surface area contributed by atoms with E-state index in [0.717, 1.165) is 0 Å². The van der Waals surface area contributed by atoms with Gasteiger partial charge in [-0.15, -0.1) is 0 Å². The standard InChI is InChI=1S/C14H16N4O3/c1-3-18-8-11(12(17-18)13(15)19)16-14(20)9-4-6-10(21-2)7-5-9/h4-8H,3H2,1-2H3,(H2,15,19)(H,16,20). The molecule has 7 heteroatoms. The number of nitrogens with two attached hydrogens (primary N) is 1. The van der Waals surface area contributed by atoms with Crippen molar-refractivity contribution in [2.45, 2.75) is 13.5 Å². The van der Waals surface area contributed by atoms with Crippen LogP contribution in [0.4, 0.5) is 5.69 Å². The third-order valence-electron chi connectivity index (χ3n) is 2.92. The summed E-state index contributed by atoms with van der Waals surface area (Å²) >= 11 is 0. The highest BCUT2D eigenvalue weighted by molar-refractivity contribution is 6.07. The molecule has 7 nitrogen and oxygen atoms in total. The number of hydrogen-bond acceptors (Lipinski definition) is 4. The number of methoxy groups -OCH3 is 1. The lowest BCUT2D eigenvalue weighted by Gasteiger charge is -2.05. The Balaban J connectivity index is 2.22. The molecular formula is C14H16N4O3. The van der Waals surface area contributed by atoms with Crippen molar-refractivity contribution in [3.8, 4) is 5.75 Å². The van der Waals surface area contributed by atoms with E-state index in [-0.39, 0.29) is 11.6 Å². The lowest BCUT2D eigenvalue weighted by molar-refractivity contribution is 0.0995. The summed E-state index contributed by atoms with van der Waals surface area (Å²) < 4.78 is 6.56. The molecule has 0 bridgehead atoms. The highest BCUT2D eigenvalue weighted by Gasteiger charge is 2.16. The number of hydrogen-bond donors (Lipinski definition) is 2. The van der Waals surface area contributed by atoms with Crippen molar-refractivity contribution >= 4 is 17.5 Å². The van der Waals surface area contributed by atoms with Crippen molar-refractivity contribution in [1.29, 1.82) is 0 Å². The van der Waals surface area contributed by atoms with Crippen LogP contribution in [0, 0.1) is 0 Å². The topological polar surface area (TPSA) is 99.2 Å². The lowest BCUT2D eigenvalue weighted by atomic mass is 10.2. The Bertz CT molecular complexity index is 661. The van der Waals surface area contributed by atoms with Gasteiger partial charge < -0.3 is 15.8 Å². The molecule has 2 aromatic rings. The Kier molecular flexibility index (Phi) is 4.22. The van der Waals surface area contributed by atoms with Crippen LogP contribution < -0.4 is 15.8 Å². The molecule has 1 heterocycles. The number of aryl methyl sites for hydroxylation is 1. The number of benzene rings is 1. The van der Waals surface area contributed by atoms with Crippen molar-refractivity contribution in [3.63, 3.8) is 0 Å². The number of aromatic nitrogens is 2. The fourth-order valence-corrected chi connectivity index (χ4v) is 1.79.